The molecular formula is C13H10Cl2F4N2O3. The van der Waals surface area contributed by atoms with Gasteiger partial charge in [0.25, 0.3) is 18.8 Å². The molecule has 1 atom stereocenters. The van der Waals surface area contributed by atoms with E-state index in [0.717, 1.165) is 0 Å². The maximum absolute atomic E-state index is 13.0. The first-order chi connectivity index (χ1) is 11.1. The smallest absolute Gasteiger partial charge is 0.287 e. The Balaban J connectivity index is 2.12. The second kappa shape index (κ2) is 7.12. The maximum Gasteiger partial charge on any atom is 0.287 e. The highest BCUT2D eigenvalue weighted by atomic mass is 35.5. The number of aliphatic hydroxyl groups is 1. The Morgan fingerprint density at radius 1 is 1.33 bits per heavy atom. The first-order valence-electron chi connectivity index (χ1n) is 6.42. The molecule has 1 aromatic rings. The van der Waals surface area contributed by atoms with Crippen LogP contribution in [0.2, 0.25) is 10.0 Å². The Bertz CT molecular complexity index is 675. The van der Waals surface area contributed by atoms with E-state index in [1.54, 1.807) is 0 Å². The van der Waals surface area contributed by atoms with Crippen molar-refractivity contribution in [1.29, 1.82) is 0 Å². The zero-order valence-corrected chi connectivity index (χ0v) is 13.2. The largest absolute Gasteiger partial charge is 0.484 e. The van der Waals surface area contributed by atoms with E-state index < -0.39 is 43.2 Å². The van der Waals surface area contributed by atoms with Crippen LogP contribution in [0.1, 0.15) is 6.42 Å². The molecule has 0 aromatic heterocycles. The van der Waals surface area contributed by atoms with Crippen molar-refractivity contribution in [3.63, 3.8) is 0 Å². The van der Waals surface area contributed by atoms with Crippen molar-refractivity contribution in [2.45, 2.75) is 25.0 Å². The van der Waals surface area contributed by atoms with Gasteiger partial charge in [0.2, 0.25) is 5.72 Å². The lowest BCUT2D eigenvalue weighted by molar-refractivity contribution is -0.193. The molecule has 0 fully saturated rings. The first kappa shape index (κ1) is 18.8. The van der Waals surface area contributed by atoms with E-state index in [0.29, 0.717) is 0 Å². The minimum absolute atomic E-state index is 0.0727. The summed E-state index contributed by atoms with van der Waals surface area (Å²) < 4.78 is 56.3. The second-order valence-corrected chi connectivity index (χ2v) is 5.63. The van der Waals surface area contributed by atoms with Gasteiger partial charge in [0.15, 0.2) is 6.61 Å². The van der Waals surface area contributed by atoms with Crippen LogP contribution in [-0.4, -0.2) is 46.9 Å². The highest BCUT2D eigenvalue weighted by Gasteiger charge is 2.53. The van der Waals surface area contributed by atoms with Crippen molar-refractivity contribution in [3.8, 4) is 5.75 Å². The van der Waals surface area contributed by atoms with Crippen LogP contribution in [0, 0.1) is 0 Å². The zero-order valence-electron chi connectivity index (χ0n) is 11.7. The number of alkyl halides is 4. The summed E-state index contributed by atoms with van der Waals surface area (Å²) in [4.78, 5) is 12.0. The van der Waals surface area contributed by atoms with Gasteiger partial charge in [-0.05, 0) is 12.1 Å². The van der Waals surface area contributed by atoms with Gasteiger partial charge in [0, 0.05) is 12.5 Å². The number of amides is 1. The molecule has 0 saturated carbocycles. The Morgan fingerprint density at radius 2 is 2.00 bits per heavy atom. The van der Waals surface area contributed by atoms with Crippen LogP contribution in [0.5, 0.6) is 5.75 Å². The third-order valence-corrected chi connectivity index (χ3v) is 3.87. The molecule has 0 aliphatic carbocycles. The molecule has 0 bridgehead atoms. The average Bonchev–Trinajstić information content (AvgIpc) is 2.88. The third kappa shape index (κ3) is 3.73. The molecule has 11 heteroatoms. The monoisotopic (exact) mass is 388 g/mol. The van der Waals surface area contributed by atoms with E-state index in [1.165, 1.54) is 18.2 Å². The number of halogens is 6. The standard InChI is InChI=1S/C13H10Cl2F4N2O3/c14-7-2-1-6(3-8(7)15)24-5-10(22)21-13(23,12(18)19)4-9(20-21)11(16)17/h1-3,11-12,23H,4-5H2/t13-/m1/s1. The van der Waals surface area contributed by atoms with E-state index in [2.05, 4.69) is 5.10 Å². The van der Waals surface area contributed by atoms with Crippen molar-refractivity contribution in [1.82, 2.24) is 5.01 Å². The van der Waals surface area contributed by atoms with Crippen molar-refractivity contribution < 1.29 is 32.2 Å². The lowest BCUT2D eigenvalue weighted by Gasteiger charge is -2.29. The molecule has 1 heterocycles. The molecule has 0 radical (unpaired) electrons. The fraction of sp³-hybridized carbons (Fsp3) is 0.385. The van der Waals surface area contributed by atoms with E-state index in [-0.39, 0.29) is 20.8 Å². The fourth-order valence-corrected chi connectivity index (χ4v) is 2.21. The van der Waals surface area contributed by atoms with Crippen LogP contribution in [-0.2, 0) is 4.79 Å². The fourth-order valence-electron chi connectivity index (χ4n) is 1.93. The number of benzene rings is 1. The minimum atomic E-state index is -3.49. The predicted molar refractivity (Wildman–Crippen MR) is 77.8 cm³/mol. The summed E-state index contributed by atoms with van der Waals surface area (Å²) in [5.41, 5.74) is -4.15. The van der Waals surface area contributed by atoms with Gasteiger partial charge in [-0.2, -0.15) is 10.1 Å². The highest BCUT2D eigenvalue weighted by molar-refractivity contribution is 6.42. The maximum atomic E-state index is 13.0. The van der Waals surface area contributed by atoms with Gasteiger partial charge in [-0.25, -0.2) is 17.6 Å². The molecule has 24 heavy (non-hydrogen) atoms. The number of hydrogen-bond donors (Lipinski definition) is 1. The van der Waals surface area contributed by atoms with Gasteiger partial charge in [-0.1, -0.05) is 23.2 Å². The van der Waals surface area contributed by atoms with Crippen LogP contribution in [0.15, 0.2) is 23.3 Å². The third-order valence-electron chi connectivity index (χ3n) is 3.13. The number of ether oxygens (including phenoxy) is 1. The van der Waals surface area contributed by atoms with Crippen molar-refractivity contribution in [2.24, 2.45) is 5.10 Å². The number of rotatable bonds is 5. The van der Waals surface area contributed by atoms with Gasteiger partial charge in [0.05, 0.1) is 10.0 Å². The SMILES string of the molecule is O=C(COc1ccc(Cl)c(Cl)c1)N1N=C(C(F)F)C[C@@]1(O)C(F)F. The summed E-state index contributed by atoms with van der Waals surface area (Å²) in [6.45, 7) is -0.826. The average molecular weight is 389 g/mol. The Hall–Kier alpha value is -1.58. The molecule has 0 saturated heterocycles. The molecular weight excluding hydrogens is 379 g/mol. The van der Waals surface area contributed by atoms with Crippen LogP contribution in [0.4, 0.5) is 17.6 Å². The molecule has 132 valence electrons. The molecule has 1 aromatic carbocycles. The second-order valence-electron chi connectivity index (χ2n) is 4.82. The quantitative estimate of drug-likeness (QED) is 0.788. The first-order valence-corrected chi connectivity index (χ1v) is 7.17. The summed E-state index contributed by atoms with van der Waals surface area (Å²) in [6, 6.07) is 4.01. The molecule has 1 aliphatic rings. The van der Waals surface area contributed by atoms with Gasteiger partial charge in [-0.3, -0.25) is 4.79 Å². The van der Waals surface area contributed by atoms with Crippen LogP contribution < -0.4 is 4.74 Å². The molecule has 2 rings (SSSR count). The van der Waals surface area contributed by atoms with E-state index >= 15 is 0 Å². The predicted octanol–water partition coefficient (Wildman–Crippen LogP) is 3.18. The summed E-state index contributed by atoms with van der Waals surface area (Å²) in [5, 5.41) is 13.2. The van der Waals surface area contributed by atoms with Crippen molar-refractivity contribution in [2.75, 3.05) is 6.61 Å². The Kier molecular flexibility index (Phi) is 5.56. The minimum Gasteiger partial charge on any atom is -0.484 e. The lowest BCUT2D eigenvalue weighted by atomic mass is 10.1. The zero-order chi connectivity index (χ0) is 18.1. The molecule has 0 spiro atoms. The summed E-state index contributed by atoms with van der Waals surface area (Å²) in [5.74, 6) is -1.13. The number of nitrogens with zero attached hydrogens (tertiary/aromatic N) is 2. The Labute approximate surface area is 143 Å². The van der Waals surface area contributed by atoms with Crippen LogP contribution in [0.3, 0.4) is 0 Å². The summed E-state index contributed by atoms with van der Waals surface area (Å²) >= 11 is 11.4. The number of carbonyl (C=O) groups is 1. The highest BCUT2D eigenvalue weighted by Crippen LogP contribution is 2.33. The van der Waals surface area contributed by atoms with Gasteiger partial charge < -0.3 is 9.84 Å². The van der Waals surface area contributed by atoms with E-state index in [1.807, 2.05) is 0 Å². The van der Waals surface area contributed by atoms with Gasteiger partial charge in [-0.15, -0.1) is 0 Å². The number of carbonyl (C=O) groups excluding carboxylic acids is 1. The molecule has 1 amide bonds. The van der Waals surface area contributed by atoms with Crippen molar-refractivity contribution >= 4 is 34.8 Å². The van der Waals surface area contributed by atoms with Gasteiger partial charge >= 0.3 is 0 Å². The number of hydrazone groups is 1. The summed E-state index contributed by atoms with van der Waals surface area (Å²) in [7, 11) is 0. The van der Waals surface area contributed by atoms with E-state index in [4.69, 9.17) is 27.9 Å². The molecule has 1 aliphatic heterocycles. The van der Waals surface area contributed by atoms with Crippen molar-refractivity contribution in [3.05, 3.63) is 28.2 Å². The topological polar surface area (TPSA) is 62.1 Å². The van der Waals surface area contributed by atoms with Gasteiger partial charge in [0.1, 0.15) is 11.5 Å². The molecule has 0 unspecified atom stereocenters. The lowest BCUT2D eigenvalue weighted by Crippen LogP contribution is -2.52. The molecule has 5 nitrogen and oxygen atoms in total. The number of hydrogen-bond acceptors (Lipinski definition) is 4. The van der Waals surface area contributed by atoms with Crippen LogP contribution >= 0.6 is 23.2 Å². The molecule has 1 N–H and O–H groups in total. The van der Waals surface area contributed by atoms with Crippen LogP contribution in [0.25, 0.3) is 0 Å². The Morgan fingerprint density at radius 3 is 2.54 bits per heavy atom. The normalized spacial score (nSPS) is 20.7. The van der Waals surface area contributed by atoms with E-state index in [9.17, 15) is 27.5 Å². The summed E-state index contributed by atoms with van der Waals surface area (Å²) in [6.07, 6.45) is -7.82.